The Kier molecular flexibility index (Phi) is 5.53. The van der Waals surface area contributed by atoms with E-state index in [2.05, 4.69) is 18.2 Å². The summed E-state index contributed by atoms with van der Waals surface area (Å²) in [5.41, 5.74) is 2.01. The number of anilines is 1. The number of rotatable bonds is 4. The zero-order chi connectivity index (χ0) is 21.1. The van der Waals surface area contributed by atoms with E-state index in [0.29, 0.717) is 30.2 Å². The first-order valence-corrected chi connectivity index (χ1v) is 10.2. The molecule has 0 saturated carbocycles. The van der Waals surface area contributed by atoms with Gasteiger partial charge < -0.3 is 9.64 Å². The van der Waals surface area contributed by atoms with Gasteiger partial charge in [0, 0.05) is 19.3 Å². The first kappa shape index (κ1) is 19.7. The Morgan fingerprint density at radius 1 is 1.13 bits per heavy atom. The SMILES string of the molecule is CCOC(=O)c1c(N2CCC(c3ccccc3)CC2)c(C#N)c(=O)n2ccccc12. The molecule has 6 nitrogen and oxygen atoms in total. The molecule has 1 aromatic carbocycles. The van der Waals surface area contributed by atoms with Gasteiger partial charge in [-0.05, 0) is 43.4 Å². The van der Waals surface area contributed by atoms with E-state index in [0.717, 1.165) is 12.8 Å². The molecular weight excluding hydrogens is 378 g/mol. The number of pyridine rings is 2. The molecule has 0 amide bonds. The van der Waals surface area contributed by atoms with E-state index in [1.54, 1.807) is 31.3 Å². The monoisotopic (exact) mass is 401 g/mol. The number of carbonyl (C=O) groups is 1. The predicted molar refractivity (Wildman–Crippen MR) is 115 cm³/mol. The van der Waals surface area contributed by atoms with Crippen molar-refractivity contribution in [2.75, 3.05) is 24.6 Å². The number of esters is 1. The first-order chi connectivity index (χ1) is 14.7. The maximum Gasteiger partial charge on any atom is 0.342 e. The standard InChI is InChI=1S/C24H23N3O3/c1-2-30-24(29)21-20-10-6-7-13-27(20)23(28)19(16-25)22(21)26-14-11-18(12-15-26)17-8-4-3-5-9-17/h3-10,13,18H,2,11-12,14-15H2,1H3. The number of carbonyl (C=O) groups excluding carboxylic acids is 1. The minimum Gasteiger partial charge on any atom is -0.462 e. The summed E-state index contributed by atoms with van der Waals surface area (Å²) in [5.74, 6) is -0.0986. The Labute approximate surface area is 174 Å². The minimum atomic E-state index is -0.516. The molecule has 0 N–H and O–H groups in total. The average molecular weight is 401 g/mol. The van der Waals surface area contributed by atoms with Gasteiger partial charge in [0.25, 0.3) is 5.56 Å². The number of benzene rings is 1. The number of aromatic nitrogens is 1. The van der Waals surface area contributed by atoms with Crippen LogP contribution in [0.2, 0.25) is 0 Å². The smallest absolute Gasteiger partial charge is 0.342 e. The highest BCUT2D eigenvalue weighted by Crippen LogP contribution is 2.34. The Morgan fingerprint density at radius 3 is 2.50 bits per heavy atom. The number of nitriles is 1. The van der Waals surface area contributed by atoms with Gasteiger partial charge in [-0.1, -0.05) is 36.4 Å². The van der Waals surface area contributed by atoms with E-state index < -0.39 is 11.5 Å². The normalized spacial score (nSPS) is 14.5. The molecule has 0 radical (unpaired) electrons. The summed E-state index contributed by atoms with van der Waals surface area (Å²) in [6.07, 6.45) is 3.34. The molecule has 30 heavy (non-hydrogen) atoms. The molecule has 0 atom stereocenters. The summed E-state index contributed by atoms with van der Waals surface area (Å²) in [6.45, 7) is 3.27. The van der Waals surface area contributed by atoms with Crippen LogP contribution in [0.5, 0.6) is 0 Å². The first-order valence-electron chi connectivity index (χ1n) is 10.2. The maximum atomic E-state index is 13.0. The van der Waals surface area contributed by atoms with Crippen LogP contribution in [0.3, 0.4) is 0 Å². The van der Waals surface area contributed by atoms with Crippen LogP contribution in [-0.2, 0) is 4.74 Å². The molecule has 0 unspecified atom stereocenters. The third-order valence-corrected chi connectivity index (χ3v) is 5.70. The molecule has 1 aliphatic heterocycles. The summed E-state index contributed by atoms with van der Waals surface area (Å²) in [5, 5.41) is 9.81. The Hall–Kier alpha value is -3.59. The van der Waals surface area contributed by atoms with Gasteiger partial charge in [0.05, 0.1) is 17.8 Å². The van der Waals surface area contributed by atoms with Crippen molar-refractivity contribution in [3.8, 4) is 6.07 Å². The van der Waals surface area contributed by atoms with Crippen LogP contribution >= 0.6 is 0 Å². The molecule has 4 rings (SSSR count). The van der Waals surface area contributed by atoms with Crippen molar-refractivity contribution < 1.29 is 9.53 Å². The average Bonchev–Trinajstić information content (AvgIpc) is 2.80. The lowest BCUT2D eigenvalue weighted by Crippen LogP contribution is -2.37. The van der Waals surface area contributed by atoms with Crippen molar-refractivity contribution in [3.63, 3.8) is 0 Å². The third kappa shape index (κ3) is 3.43. The van der Waals surface area contributed by atoms with Crippen LogP contribution in [0.4, 0.5) is 5.69 Å². The van der Waals surface area contributed by atoms with Gasteiger partial charge in [0.2, 0.25) is 0 Å². The molecule has 0 bridgehead atoms. The molecule has 0 aliphatic carbocycles. The lowest BCUT2D eigenvalue weighted by molar-refractivity contribution is 0.0528. The molecule has 6 heteroatoms. The molecule has 0 spiro atoms. The van der Waals surface area contributed by atoms with Crippen molar-refractivity contribution in [1.29, 1.82) is 5.26 Å². The summed E-state index contributed by atoms with van der Waals surface area (Å²) in [6, 6.07) is 17.6. The second-order valence-electron chi connectivity index (χ2n) is 7.36. The van der Waals surface area contributed by atoms with Crippen LogP contribution in [0, 0.1) is 11.3 Å². The largest absolute Gasteiger partial charge is 0.462 e. The molecule has 3 aromatic rings. The Morgan fingerprint density at radius 2 is 1.83 bits per heavy atom. The van der Waals surface area contributed by atoms with Crippen molar-refractivity contribution >= 4 is 17.2 Å². The molecular formula is C24H23N3O3. The molecule has 1 aliphatic rings. The fourth-order valence-corrected chi connectivity index (χ4v) is 4.28. The quantitative estimate of drug-likeness (QED) is 0.623. The van der Waals surface area contributed by atoms with Crippen molar-refractivity contribution in [3.05, 3.63) is 81.8 Å². The number of fused-ring (bicyclic) bond motifs is 1. The van der Waals surface area contributed by atoms with Gasteiger partial charge in [0.1, 0.15) is 17.2 Å². The summed E-state index contributed by atoms with van der Waals surface area (Å²) in [7, 11) is 0. The van der Waals surface area contributed by atoms with Gasteiger partial charge in [-0.3, -0.25) is 9.20 Å². The fourth-order valence-electron chi connectivity index (χ4n) is 4.28. The van der Waals surface area contributed by atoms with Gasteiger partial charge in [-0.2, -0.15) is 5.26 Å². The van der Waals surface area contributed by atoms with E-state index >= 15 is 0 Å². The summed E-state index contributed by atoms with van der Waals surface area (Å²) >= 11 is 0. The van der Waals surface area contributed by atoms with Gasteiger partial charge in [-0.25, -0.2) is 4.79 Å². The zero-order valence-corrected chi connectivity index (χ0v) is 16.9. The highest BCUT2D eigenvalue weighted by Gasteiger charge is 2.30. The number of hydrogen-bond donors (Lipinski definition) is 0. The molecule has 2 aromatic heterocycles. The molecule has 1 fully saturated rings. The topological polar surface area (TPSA) is 74.8 Å². The van der Waals surface area contributed by atoms with Crippen molar-refractivity contribution in [1.82, 2.24) is 4.40 Å². The number of nitrogens with zero attached hydrogens (tertiary/aromatic N) is 3. The van der Waals surface area contributed by atoms with E-state index in [1.807, 2.05) is 23.1 Å². The fraction of sp³-hybridized carbons (Fsp3) is 0.292. The maximum absolute atomic E-state index is 13.0. The highest BCUT2D eigenvalue weighted by molar-refractivity contribution is 6.04. The van der Waals surface area contributed by atoms with E-state index in [4.69, 9.17) is 4.74 Å². The second-order valence-corrected chi connectivity index (χ2v) is 7.36. The zero-order valence-electron chi connectivity index (χ0n) is 16.9. The molecule has 1 saturated heterocycles. The van der Waals surface area contributed by atoms with Crippen LogP contribution in [0.25, 0.3) is 5.52 Å². The summed E-state index contributed by atoms with van der Waals surface area (Å²) < 4.78 is 6.66. The van der Waals surface area contributed by atoms with E-state index in [1.165, 1.54) is 9.96 Å². The lowest BCUT2D eigenvalue weighted by Gasteiger charge is -2.35. The van der Waals surface area contributed by atoms with Crippen LogP contribution < -0.4 is 10.5 Å². The third-order valence-electron chi connectivity index (χ3n) is 5.70. The molecule has 152 valence electrons. The summed E-state index contributed by atoms with van der Waals surface area (Å²) in [4.78, 5) is 27.9. The second kappa shape index (κ2) is 8.42. The van der Waals surface area contributed by atoms with Gasteiger partial charge in [-0.15, -0.1) is 0 Å². The number of hydrogen-bond acceptors (Lipinski definition) is 5. The lowest BCUT2D eigenvalue weighted by atomic mass is 9.89. The molecule has 3 heterocycles. The van der Waals surface area contributed by atoms with Crippen LogP contribution in [-0.4, -0.2) is 30.1 Å². The number of piperidine rings is 1. The van der Waals surface area contributed by atoms with Crippen LogP contribution in [0.15, 0.2) is 59.5 Å². The van der Waals surface area contributed by atoms with Crippen molar-refractivity contribution in [2.24, 2.45) is 0 Å². The Balaban J connectivity index is 1.80. The van der Waals surface area contributed by atoms with E-state index in [9.17, 15) is 14.9 Å². The van der Waals surface area contributed by atoms with Gasteiger partial charge >= 0.3 is 5.97 Å². The number of ether oxygens (including phenoxy) is 1. The highest BCUT2D eigenvalue weighted by atomic mass is 16.5. The van der Waals surface area contributed by atoms with Crippen LogP contribution in [0.1, 0.15) is 47.2 Å². The van der Waals surface area contributed by atoms with Crippen molar-refractivity contribution in [2.45, 2.75) is 25.7 Å². The van der Waals surface area contributed by atoms with Gasteiger partial charge in [0.15, 0.2) is 0 Å². The van der Waals surface area contributed by atoms with E-state index in [-0.39, 0.29) is 17.7 Å². The Bertz CT molecular complexity index is 1170. The minimum absolute atomic E-state index is 0.0140. The predicted octanol–water partition coefficient (Wildman–Crippen LogP) is 3.73.